The van der Waals surface area contributed by atoms with Crippen LogP contribution in [0.5, 0.6) is 11.5 Å². The van der Waals surface area contributed by atoms with Crippen molar-refractivity contribution in [2.24, 2.45) is 5.92 Å². The van der Waals surface area contributed by atoms with E-state index in [1.807, 2.05) is 17.0 Å². The van der Waals surface area contributed by atoms with Crippen LogP contribution in [0.25, 0.3) is 0 Å². The quantitative estimate of drug-likeness (QED) is 0.824. The summed E-state index contributed by atoms with van der Waals surface area (Å²) in [6, 6.07) is 7.10. The van der Waals surface area contributed by atoms with E-state index in [4.69, 9.17) is 9.47 Å². The highest BCUT2D eigenvalue weighted by molar-refractivity contribution is 5.40. The van der Waals surface area contributed by atoms with Gasteiger partial charge >= 0.3 is 0 Å². The fourth-order valence-corrected chi connectivity index (χ4v) is 4.58. The highest BCUT2D eigenvalue weighted by Gasteiger charge is 2.32. The topological polar surface area (TPSA) is 27.3 Å². The van der Waals surface area contributed by atoms with Crippen molar-refractivity contribution >= 4 is 0 Å². The van der Waals surface area contributed by atoms with Crippen LogP contribution in [0.15, 0.2) is 18.2 Å². The number of hydrogen-bond donors (Lipinski definition) is 2. The van der Waals surface area contributed by atoms with E-state index in [9.17, 15) is 0 Å². The Balaban J connectivity index is 1.54. The molecule has 0 spiro atoms. The molecule has 2 heterocycles. The molecule has 4 nitrogen and oxygen atoms in total. The van der Waals surface area contributed by atoms with Crippen LogP contribution in [0.2, 0.25) is 0 Å². The standard InChI is InChI=1S/C20H32N2O2/c1-16-5-4-10-22(14-16)18-8-11-21(12-9-18)15-17-6-7-19(23-2)13-20(17)24-3/h6-7,13,16,18H,4-5,8-12,14-15H2,1-3H3/p+2/t16-/m1/s1. The number of nitrogens with one attached hydrogen (secondary N) is 2. The first-order chi connectivity index (χ1) is 11.7. The zero-order valence-corrected chi connectivity index (χ0v) is 15.6. The zero-order chi connectivity index (χ0) is 16.9. The van der Waals surface area contributed by atoms with E-state index < -0.39 is 0 Å². The molecule has 0 bridgehead atoms. The molecule has 0 radical (unpaired) electrons. The molecule has 2 atom stereocenters. The van der Waals surface area contributed by atoms with E-state index in [1.165, 1.54) is 57.4 Å². The van der Waals surface area contributed by atoms with Gasteiger partial charge in [0.25, 0.3) is 0 Å². The number of methoxy groups -OCH3 is 2. The van der Waals surface area contributed by atoms with Gasteiger partial charge in [-0.05, 0) is 25.0 Å². The summed E-state index contributed by atoms with van der Waals surface area (Å²) in [5.41, 5.74) is 1.30. The molecule has 134 valence electrons. The van der Waals surface area contributed by atoms with Crippen LogP contribution in [0, 0.1) is 5.92 Å². The monoisotopic (exact) mass is 334 g/mol. The Morgan fingerprint density at radius 1 is 1.04 bits per heavy atom. The Labute approximate surface area is 146 Å². The van der Waals surface area contributed by atoms with E-state index in [1.54, 1.807) is 19.1 Å². The third-order valence-corrected chi connectivity index (χ3v) is 6.01. The number of likely N-dealkylation sites (tertiary alicyclic amines) is 2. The minimum absolute atomic E-state index is 0.868. The van der Waals surface area contributed by atoms with E-state index in [0.717, 1.165) is 30.0 Å². The Bertz CT molecular complexity index is 526. The van der Waals surface area contributed by atoms with Gasteiger partial charge < -0.3 is 19.3 Å². The average molecular weight is 335 g/mol. The molecule has 24 heavy (non-hydrogen) atoms. The number of ether oxygens (including phenoxy) is 2. The van der Waals surface area contributed by atoms with Gasteiger partial charge in [0.1, 0.15) is 18.0 Å². The maximum absolute atomic E-state index is 5.56. The van der Waals surface area contributed by atoms with E-state index in [-0.39, 0.29) is 0 Å². The van der Waals surface area contributed by atoms with Crippen molar-refractivity contribution in [3.05, 3.63) is 23.8 Å². The third kappa shape index (κ3) is 4.22. The lowest BCUT2D eigenvalue weighted by molar-refractivity contribution is -0.967. The van der Waals surface area contributed by atoms with Gasteiger partial charge in [0, 0.05) is 30.4 Å². The Kier molecular flexibility index (Phi) is 6.01. The summed E-state index contributed by atoms with van der Waals surface area (Å²) < 4.78 is 10.9. The Hall–Kier alpha value is -1.26. The van der Waals surface area contributed by atoms with Crippen LogP contribution in [0.4, 0.5) is 0 Å². The van der Waals surface area contributed by atoms with E-state index in [0.29, 0.717) is 0 Å². The summed E-state index contributed by atoms with van der Waals surface area (Å²) in [5.74, 6) is 2.74. The number of benzene rings is 1. The molecule has 2 saturated heterocycles. The number of hydrogen-bond acceptors (Lipinski definition) is 2. The van der Waals surface area contributed by atoms with Gasteiger partial charge in [-0.1, -0.05) is 6.92 Å². The number of rotatable bonds is 5. The average Bonchev–Trinajstić information content (AvgIpc) is 2.62. The fraction of sp³-hybridized carbons (Fsp3) is 0.700. The van der Waals surface area contributed by atoms with E-state index in [2.05, 4.69) is 13.0 Å². The van der Waals surface area contributed by atoms with Crippen molar-refractivity contribution < 1.29 is 19.3 Å². The Morgan fingerprint density at radius 3 is 2.50 bits per heavy atom. The lowest BCUT2D eigenvalue weighted by Crippen LogP contribution is -3.21. The lowest BCUT2D eigenvalue weighted by Gasteiger charge is -2.37. The summed E-state index contributed by atoms with van der Waals surface area (Å²) in [6.45, 7) is 8.86. The van der Waals surface area contributed by atoms with Crippen molar-refractivity contribution in [2.45, 2.75) is 45.2 Å². The second-order valence-corrected chi connectivity index (χ2v) is 7.74. The second kappa shape index (κ2) is 8.21. The molecule has 2 fully saturated rings. The van der Waals surface area contributed by atoms with Gasteiger partial charge in [0.05, 0.1) is 46.4 Å². The molecule has 2 aliphatic rings. The first-order valence-electron chi connectivity index (χ1n) is 9.58. The first-order valence-corrected chi connectivity index (χ1v) is 9.58. The fourth-order valence-electron chi connectivity index (χ4n) is 4.58. The highest BCUT2D eigenvalue weighted by atomic mass is 16.5. The van der Waals surface area contributed by atoms with Crippen molar-refractivity contribution in [3.63, 3.8) is 0 Å². The third-order valence-electron chi connectivity index (χ3n) is 6.01. The second-order valence-electron chi connectivity index (χ2n) is 7.74. The molecule has 0 amide bonds. The minimum atomic E-state index is 0.868. The molecule has 0 saturated carbocycles. The predicted octanol–water partition coefficient (Wildman–Crippen LogP) is 0.566. The molecule has 1 unspecified atom stereocenters. The summed E-state index contributed by atoms with van der Waals surface area (Å²) in [5, 5.41) is 0. The minimum Gasteiger partial charge on any atom is -0.497 e. The smallest absolute Gasteiger partial charge is 0.131 e. The van der Waals surface area contributed by atoms with Gasteiger partial charge in [0.15, 0.2) is 0 Å². The van der Waals surface area contributed by atoms with Crippen LogP contribution in [0.3, 0.4) is 0 Å². The molecule has 2 N–H and O–H groups in total. The molecule has 0 aliphatic carbocycles. The van der Waals surface area contributed by atoms with E-state index >= 15 is 0 Å². The van der Waals surface area contributed by atoms with Crippen LogP contribution < -0.4 is 19.3 Å². The number of piperidine rings is 2. The maximum Gasteiger partial charge on any atom is 0.131 e. The van der Waals surface area contributed by atoms with Crippen molar-refractivity contribution in [2.75, 3.05) is 40.4 Å². The Morgan fingerprint density at radius 2 is 1.83 bits per heavy atom. The highest BCUT2D eigenvalue weighted by Crippen LogP contribution is 2.24. The summed E-state index contributed by atoms with van der Waals surface area (Å²) in [4.78, 5) is 3.58. The molecular formula is C20H34N2O2+2. The summed E-state index contributed by atoms with van der Waals surface area (Å²) >= 11 is 0. The molecule has 2 aliphatic heterocycles. The molecule has 1 aromatic carbocycles. The van der Waals surface area contributed by atoms with Gasteiger partial charge in [0.2, 0.25) is 0 Å². The predicted molar refractivity (Wildman–Crippen MR) is 96.1 cm³/mol. The molecular weight excluding hydrogens is 300 g/mol. The van der Waals surface area contributed by atoms with Gasteiger partial charge in [-0.3, -0.25) is 0 Å². The van der Waals surface area contributed by atoms with Crippen molar-refractivity contribution in [1.29, 1.82) is 0 Å². The largest absolute Gasteiger partial charge is 0.497 e. The van der Waals surface area contributed by atoms with Crippen molar-refractivity contribution in [3.8, 4) is 11.5 Å². The lowest BCUT2D eigenvalue weighted by atomic mass is 9.95. The maximum atomic E-state index is 5.56. The number of quaternary nitrogens is 2. The van der Waals surface area contributed by atoms with Gasteiger partial charge in [-0.15, -0.1) is 0 Å². The molecule has 1 aromatic rings. The molecule has 3 rings (SSSR count). The van der Waals surface area contributed by atoms with Crippen molar-refractivity contribution in [1.82, 2.24) is 0 Å². The van der Waals surface area contributed by atoms with Crippen LogP contribution >= 0.6 is 0 Å². The first kappa shape index (κ1) is 17.6. The SMILES string of the molecule is COc1ccc(C[NH+]2CCC([NH+]3CCC[C@@H](C)C3)CC2)c(OC)c1. The van der Waals surface area contributed by atoms with Gasteiger partial charge in [-0.2, -0.15) is 0 Å². The van der Waals surface area contributed by atoms with Crippen LogP contribution in [0.1, 0.15) is 38.2 Å². The van der Waals surface area contributed by atoms with Gasteiger partial charge in [-0.25, -0.2) is 0 Å². The summed E-state index contributed by atoms with van der Waals surface area (Å²) in [7, 11) is 3.45. The van der Waals surface area contributed by atoms with Crippen LogP contribution in [-0.4, -0.2) is 46.4 Å². The normalized spacial score (nSPS) is 30.8. The van der Waals surface area contributed by atoms with Crippen LogP contribution in [-0.2, 0) is 6.54 Å². The molecule has 0 aromatic heterocycles. The molecule has 4 heteroatoms. The zero-order valence-electron chi connectivity index (χ0n) is 15.6. The summed E-state index contributed by atoms with van der Waals surface area (Å²) in [6.07, 6.45) is 5.60.